The van der Waals surface area contributed by atoms with Crippen LogP contribution in [-0.4, -0.2) is 54.7 Å². The second-order valence-corrected chi connectivity index (χ2v) is 9.54. The predicted octanol–water partition coefficient (Wildman–Crippen LogP) is 2.16. The van der Waals surface area contributed by atoms with Crippen LogP contribution < -0.4 is 4.72 Å². The number of carbonyl (C=O) groups excluding carboxylic acids is 1. The molecule has 27 heavy (non-hydrogen) atoms. The summed E-state index contributed by atoms with van der Waals surface area (Å²) in [4.78, 5) is 25.6. The number of hydrogen-bond donors (Lipinski definition) is 2. The smallest absolute Gasteiger partial charge is 0.335 e. The van der Waals surface area contributed by atoms with Crippen LogP contribution in [0, 0.1) is 6.92 Å². The third-order valence-electron chi connectivity index (χ3n) is 5.36. The number of piperidine rings is 1. The first kappa shape index (κ1) is 19.8. The van der Waals surface area contributed by atoms with Crippen LogP contribution in [-0.2, 0) is 10.0 Å². The molecule has 148 valence electrons. The molecule has 2 fully saturated rings. The van der Waals surface area contributed by atoms with Gasteiger partial charge in [0.2, 0.25) is 10.0 Å². The number of amides is 1. The molecule has 1 aliphatic carbocycles. The maximum atomic E-state index is 12.9. The minimum absolute atomic E-state index is 0.0102. The number of benzene rings is 1. The number of carbonyl (C=O) groups is 2. The summed E-state index contributed by atoms with van der Waals surface area (Å²) in [5.41, 5.74) is 1.03. The van der Waals surface area contributed by atoms with Crippen molar-refractivity contribution in [3.8, 4) is 0 Å². The van der Waals surface area contributed by atoms with Gasteiger partial charge in [-0.25, -0.2) is 17.9 Å². The van der Waals surface area contributed by atoms with Gasteiger partial charge in [-0.05, 0) is 56.4 Å². The Morgan fingerprint density at radius 2 is 1.74 bits per heavy atom. The lowest BCUT2D eigenvalue weighted by Crippen LogP contribution is -2.50. The number of nitrogens with one attached hydrogen (secondary N) is 1. The fourth-order valence-electron chi connectivity index (χ4n) is 3.96. The second-order valence-electron chi connectivity index (χ2n) is 7.55. The van der Waals surface area contributed by atoms with Gasteiger partial charge >= 0.3 is 5.97 Å². The molecular formula is C19H26N2O5S. The van der Waals surface area contributed by atoms with Gasteiger partial charge in [-0.15, -0.1) is 0 Å². The van der Waals surface area contributed by atoms with Gasteiger partial charge < -0.3 is 10.0 Å². The van der Waals surface area contributed by atoms with Crippen LogP contribution in [0.15, 0.2) is 18.2 Å². The first-order valence-electron chi connectivity index (χ1n) is 9.41. The quantitative estimate of drug-likeness (QED) is 0.796. The molecule has 0 radical (unpaired) electrons. The molecule has 1 saturated carbocycles. The van der Waals surface area contributed by atoms with Crippen LogP contribution >= 0.6 is 0 Å². The van der Waals surface area contributed by atoms with Crippen LogP contribution in [0.25, 0.3) is 0 Å². The predicted molar refractivity (Wildman–Crippen MR) is 101 cm³/mol. The highest BCUT2D eigenvalue weighted by Crippen LogP contribution is 2.23. The van der Waals surface area contributed by atoms with Gasteiger partial charge in [-0.1, -0.05) is 12.8 Å². The molecule has 1 atom stereocenters. The normalized spacial score (nSPS) is 21.4. The lowest BCUT2D eigenvalue weighted by Gasteiger charge is -2.33. The molecule has 1 saturated heterocycles. The van der Waals surface area contributed by atoms with Crippen molar-refractivity contribution in [2.45, 2.75) is 56.7 Å². The number of hydrogen-bond acceptors (Lipinski definition) is 4. The zero-order valence-electron chi connectivity index (χ0n) is 15.5. The Morgan fingerprint density at radius 3 is 2.41 bits per heavy atom. The summed E-state index contributed by atoms with van der Waals surface area (Å²) in [5, 5.41) is 8.57. The summed E-state index contributed by atoms with van der Waals surface area (Å²) in [6, 6.07) is 4.51. The third kappa shape index (κ3) is 4.68. The molecule has 1 aromatic rings. The number of rotatable bonds is 5. The van der Waals surface area contributed by atoms with E-state index in [4.69, 9.17) is 0 Å². The third-order valence-corrected chi connectivity index (χ3v) is 7.29. The van der Waals surface area contributed by atoms with E-state index in [-0.39, 0.29) is 29.6 Å². The Hall–Kier alpha value is -1.93. The lowest BCUT2D eigenvalue weighted by molar-refractivity contribution is 0.0696. The number of aromatic carboxylic acids is 1. The van der Waals surface area contributed by atoms with Crippen LogP contribution in [0.4, 0.5) is 0 Å². The average molecular weight is 394 g/mol. The highest BCUT2D eigenvalue weighted by atomic mass is 32.2. The van der Waals surface area contributed by atoms with E-state index in [1.54, 1.807) is 13.0 Å². The van der Waals surface area contributed by atoms with Gasteiger partial charge in [0, 0.05) is 24.7 Å². The van der Waals surface area contributed by atoms with Gasteiger partial charge in [0.25, 0.3) is 5.91 Å². The zero-order valence-corrected chi connectivity index (χ0v) is 16.3. The molecule has 0 spiro atoms. The van der Waals surface area contributed by atoms with Crippen molar-refractivity contribution >= 4 is 21.9 Å². The summed E-state index contributed by atoms with van der Waals surface area (Å²) >= 11 is 0. The van der Waals surface area contributed by atoms with Gasteiger partial charge in [-0.3, -0.25) is 4.79 Å². The van der Waals surface area contributed by atoms with E-state index in [2.05, 4.69) is 4.72 Å². The SMILES string of the molecule is Cc1cc(C(=O)O)cc(C(=O)N2CCCC(S(=O)(=O)NC3CCCC3)C2)c1. The molecule has 1 amide bonds. The molecule has 1 heterocycles. The number of aryl methyl sites for hydroxylation is 1. The van der Waals surface area contributed by atoms with Gasteiger partial charge in [0.1, 0.15) is 0 Å². The summed E-state index contributed by atoms with van der Waals surface area (Å²) in [7, 11) is -3.48. The molecular weight excluding hydrogens is 368 g/mol. The van der Waals surface area contributed by atoms with Crippen molar-refractivity contribution in [1.29, 1.82) is 0 Å². The van der Waals surface area contributed by atoms with E-state index in [1.807, 2.05) is 0 Å². The van der Waals surface area contributed by atoms with Crippen LogP contribution in [0.2, 0.25) is 0 Å². The van der Waals surface area contributed by atoms with E-state index in [0.717, 1.165) is 25.7 Å². The minimum Gasteiger partial charge on any atom is -0.478 e. The molecule has 3 rings (SSSR count). The lowest BCUT2D eigenvalue weighted by atomic mass is 10.0. The van der Waals surface area contributed by atoms with Crippen molar-refractivity contribution in [3.05, 3.63) is 34.9 Å². The maximum absolute atomic E-state index is 12.9. The molecule has 2 N–H and O–H groups in total. The maximum Gasteiger partial charge on any atom is 0.335 e. The molecule has 7 nitrogen and oxygen atoms in total. The van der Waals surface area contributed by atoms with Gasteiger partial charge in [0.15, 0.2) is 0 Å². The average Bonchev–Trinajstić information content (AvgIpc) is 3.13. The molecule has 1 aliphatic heterocycles. The van der Waals surface area contributed by atoms with E-state index in [1.165, 1.54) is 17.0 Å². The largest absolute Gasteiger partial charge is 0.478 e. The molecule has 1 unspecified atom stereocenters. The monoisotopic (exact) mass is 394 g/mol. The van der Waals surface area contributed by atoms with Crippen LogP contribution in [0.3, 0.4) is 0 Å². The fraction of sp³-hybridized carbons (Fsp3) is 0.579. The highest BCUT2D eigenvalue weighted by Gasteiger charge is 2.34. The summed E-state index contributed by atoms with van der Waals surface area (Å²) in [6.07, 6.45) is 4.97. The van der Waals surface area contributed by atoms with E-state index < -0.39 is 21.2 Å². The van der Waals surface area contributed by atoms with Gasteiger partial charge in [-0.2, -0.15) is 0 Å². The summed E-state index contributed by atoms with van der Waals surface area (Å²) in [5.74, 6) is -1.41. The number of likely N-dealkylation sites (tertiary alicyclic amines) is 1. The van der Waals surface area contributed by atoms with Gasteiger partial charge in [0.05, 0.1) is 10.8 Å². The summed E-state index contributed by atoms with van der Waals surface area (Å²) in [6.45, 7) is 2.35. The van der Waals surface area contributed by atoms with Crippen molar-refractivity contribution in [3.63, 3.8) is 0 Å². The van der Waals surface area contributed by atoms with Crippen molar-refractivity contribution in [1.82, 2.24) is 9.62 Å². The molecule has 2 aliphatic rings. The standard InChI is InChI=1S/C19H26N2O5S/c1-13-9-14(11-15(10-13)19(23)24)18(22)21-8-4-7-17(12-21)27(25,26)20-16-5-2-3-6-16/h9-11,16-17,20H,2-8,12H2,1H3,(H,23,24). The Morgan fingerprint density at radius 1 is 1.07 bits per heavy atom. The number of carboxylic acids is 1. The fourth-order valence-corrected chi connectivity index (χ4v) is 5.71. The molecule has 0 aromatic heterocycles. The van der Waals surface area contributed by atoms with E-state index >= 15 is 0 Å². The number of carboxylic acid groups (broad SMARTS) is 1. The first-order chi connectivity index (χ1) is 12.8. The molecule has 0 bridgehead atoms. The minimum atomic E-state index is -3.48. The molecule has 1 aromatic carbocycles. The number of nitrogens with zero attached hydrogens (tertiary/aromatic N) is 1. The van der Waals surface area contributed by atoms with E-state index in [0.29, 0.717) is 24.9 Å². The topological polar surface area (TPSA) is 104 Å². The zero-order chi connectivity index (χ0) is 19.6. The molecule has 8 heteroatoms. The Kier molecular flexibility index (Phi) is 5.86. The van der Waals surface area contributed by atoms with Crippen molar-refractivity contribution < 1.29 is 23.1 Å². The number of sulfonamides is 1. The van der Waals surface area contributed by atoms with Crippen molar-refractivity contribution in [2.75, 3.05) is 13.1 Å². The first-order valence-corrected chi connectivity index (χ1v) is 11.0. The Balaban J connectivity index is 1.74. The summed E-state index contributed by atoms with van der Waals surface area (Å²) < 4.78 is 28.2. The second kappa shape index (κ2) is 7.98. The van der Waals surface area contributed by atoms with E-state index in [9.17, 15) is 23.1 Å². The Labute approximate surface area is 159 Å². The van der Waals surface area contributed by atoms with Crippen molar-refractivity contribution in [2.24, 2.45) is 0 Å². The van der Waals surface area contributed by atoms with Crippen LogP contribution in [0.5, 0.6) is 0 Å². The van der Waals surface area contributed by atoms with Crippen LogP contribution in [0.1, 0.15) is 64.8 Å². The Bertz CT molecular complexity index is 831. The highest BCUT2D eigenvalue weighted by molar-refractivity contribution is 7.90.